The van der Waals surface area contributed by atoms with Gasteiger partial charge in [-0.05, 0) is 45.2 Å². The van der Waals surface area contributed by atoms with Crippen molar-refractivity contribution in [2.45, 2.75) is 142 Å². The fraction of sp³-hybridized carbons (Fsp3) is 0.759. The third-order valence-corrected chi connectivity index (χ3v) is 6.30. The number of nitrogens with two attached hydrogens (primary N) is 2. The minimum Gasteiger partial charge on any atom is -0.456 e. The lowest BCUT2D eigenvalue weighted by molar-refractivity contribution is 0.00708. The minimum atomic E-state index is -0.551. The van der Waals surface area contributed by atoms with Gasteiger partial charge in [-0.3, -0.25) is 0 Å². The Balaban J connectivity index is 2.09. The van der Waals surface area contributed by atoms with Crippen LogP contribution in [0.25, 0.3) is 0 Å². The Labute approximate surface area is 204 Å². The molecular weight excluding hydrogens is 408 g/mol. The van der Waals surface area contributed by atoms with E-state index in [0.29, 0.717) is 16.9 Å². The Kier molecular flexibility index (Phi) is 15.0. The molecule has 4 heteroatoms. The first-order valence-corrected chi connectivity index (χ1v) is 13.7. The number of benzene rings is 1. The van der Waals surface area contributed by atoms with Crippen LogP contribution < -0.4 is 11.5 Å². The third-order valence-electron chi connectivity index (χ3n) is 6.30. The zero-order chi connectivity index (χ0) is 24.5. The molecule has 0 saturated heterocycles. The Bertz CT molecular complexity index is 664. The molecule has 0 heterocycles. The predicted octanol–water partition coefficient (Wildman–Crippen LogP) is 8.61. The summed E-state index contributed by atoms with van der Waals surface area (Å²) < 4.78 is 5.42. The van der Waals surface area contributed by atoms with Crippen LogP contribution in [0.1, 0.15) is 146 Å². The molecule has 0 bridgehead atoms. The number of aryl methyl sites for hydroxylation is 1. The summed E-state index contributed by atoms with van der Waals surface area (Å²) in [5.41, 5.74) is 14.1. The zero-order valence-corrected chi connectivity index (χ0v) is 22.1. The van der Waals surface area contributed by atoms with Crippen LogP contribution in [0.4, 0.5) is 11.4 Å². The van der Waals surface area contributed by atoms with Crippen molar-refractivity contribution in [3.05, 3.63) is 23.3 Å². The lowest BCUT2D eigenvalue weighted by Crippen LogP contribution is -2.24. The number of hydrogen-bond acceptors (Lipinski definition) is 4. The van der Waals surface area contributed by atoms with Crippen molar-refractivity contribution in [2.24, 2.45) is 0 Å². The topological polar surface area (TPSA) is 78.3 Å². The highest BCUT2D eigenvalue weighted by atomic mass is 16.6. The molecule has 0 atom stereocenters. The molecule has 0 aliphatic rings. The maximum atomic E-state index is 12.3. The number of nitrogen functional groups attached to an aromatic ring is 2. The average Bonchev–Trinajstić information content (AvgIpc) is 2.75. The summed E-state index contributed by atoms with van der Waals surface area (Å²) in [6.07, 6.45) is 22.7. The number of carbonyl (C=O) groups excluding carboxylic acids is 1. The second-order valence-electron chi connectivity index (χ2n) is 10.7. The van der Waals surface area contributed by atoms with E-state index in [-0.39, 0.29) is 0 Å². The zero-order valence-electron chi connectivity index (χ0n) is 22.1. The fourth-order valence-corrected chi connectivity index (χ4v) is 4.27. The van der Waals surface area contributed by atoms with Crippen molar-refractivity contribution in [3.8, 4) is 0 Å². The molecule has 0 spiro atoms. The second-order valence-corrected chi connectivity index (χ2v) is 10.7. The predicted molar refractivity (Wildman–Crippen MR) is 144 cm³/mol. The van der Waals surface area contributed by atoms with E-state index in [1.54, 1.807) is 6.07 Å². The van der Waals surface area contributed by atoms with Crippen LogP contribution in [0.2, 0.25) is 0 Å². The van der Waals surface area contributed by atoms with Crippen LogP contribution in [0.3, 0.4) is 0 Å². The van der Waals surface area contributed by atoms with E-state index >= 15 is 0 Å². The maximum Gasteiger partial charge on any atom is 0.340 e. The van der Waals surface area contributed by atoms with Crippen LogP contribution >= 0.6 is 0 Å². The smallest absolute Gasteiger partial charge is 0.340 e. The largest absolute Gasteiger partial charge is 0.456 e. The molecule has 0 aliphatic carbocycles. The molecule has 1 aromatic carbocycles. The van der Waals surface area contributed by atoms with Crippen molar-refractivity contribution < 1.29 is 9.53 Å². The number of rotatable bonds is 18. The van der Waals surface area contributed by atoms with Crippen LogP contribution in [0.5, 0.6) is 0 Å². The quantitative estimate of drug-likeness (QED) is 0.130. The number of anilines is 2. The van der Waals surface area contributed by atoms with Crippen molar-refractivity contribution in [1.82, 2.24) is 0 Å². The Morgan fingerprint density at radius 2 is 1.12 bits per heavy atom. The van der Waals surface area contributed by atoms with Gasteiger partial charge in [-0.1, -0.05) is 109 Å². The van der Waals surface area contributed by atoms with Crippen molar-refractivity contribution in [1.29, 1.82) is 0 Å². The number of hydrogen-bond donors (Lipinski definition) is 2. The van der Waals surface area contributed by atoms with Gasteiger partial charge >= 0.3 is 5.97 Å². The van der Waals surface area contributed by atoms with Crippen LogP contribution in [-0.4, -0.2) is 11.6 Å². The summed E-state index contributed by atoms with van der Waals surface area (Å²) in [4.78, 5) is 12.3. The Morgan fingerprint density at radius 1 is 0.697 bits per heavy atom. The minimum absolute atomic E-state index is 0.346. The molecule has 1 rings (SSSR count). The van der Waals surface area contributed by atoms with Gasteiger partial charge in [0.25, 0.3) is 0 Å². The molecule has 0 saturated carbocycles. The summed E-state index contributed by atoms with van der Waals surface area (Å²) in [7, 11) is 0. The highest BCUT2D eigenvalue weighted by Crippen LogP contribution is 2.28. The maximum absolute atomic E-state index is 12.3. The van der Waals surface area contributed by atoms with Gasteiger partial charge < -0.3 is 16.2 Å². The first-order chi connectivity index (χ1) is 15.8. The lowest BCUT2D eigenvalue weighted by Gasteiger charge is -2.20. The average molecular weight is 461 g/mol. The normalized spacial score (nSPS) is 11.6. The number of esters is 1. The molecule has 0 unspecified atom stereocenters. The van der Waals surface area contributed by atoms with E-state index in [1.165, 1.54) is 96.3 Å². The SMILES string of the molecule is CCCCCCCCCCCCCCCCCCc1ccc(C(=O)OC(C)(C)C)c(N)c1N. The molecule has 0 aromatic heterocycles. The van der Waals surface area contributed by atoms with Crippen molar-refractivity contribution >= 4 is 17.3 Å². The molecule has 1 aromatic rings. The summed E-state index contributed by atoms with van der Waals surface area (Å²) in [6, 6.07) is 3.68. The third kappa shape index (κ3) is 13.6. The van der Waals surface area contributed by atoms with E-state index in [0.717, 1.165) is 18.4 Å². The van der Waals surface area contributed by atoms with Gasteiger partial charge in [-0.15, -0.1) is 0 Å². The number of unbranched alkanes of at least 4 members (excludes halogenated alkanes) is 15. The van der Waals surface area contributed by atoms with Crippen molar-refractivity contribution in [3.63, 3.8) is 0 Å². The van der Waals surface area contributed by atoms with E-state index in [2.05, 4.69) is 6.92 Å². The van der Waals surface area contributed by atoms with E-state index in [1.807, 2.05) is 26.8 Å². The van der Waals surface area contributed by atoms with Crippen LogP contribution in [-0.2, 0) is 11.2 Å². The van der Waals surface area contributed by atoms with Gasteiger partial charge in [0.05, 0.1) is 16.9 Å². The monoisotopic (exact) mass is 460 g/mol. The summed E-state index contributed by atoms with van der Waals surface area (Å²) in [5.74, 6) is -0.416. The van der Waals surface area contributed by atoms with E-state index < -0.39 is 11.6 Å². The summed E-state index contributed by atoms with van der Waals surface area (Å²) in [6.45, 7) is 7.81. The van der Waals surface area contributed by atoms with Gasteiger partial charge in [-0.25, -0.2) is 4.79 Å². The van der Waals surface area contributed by atoms with Gasteiger partial charge in [0, 0.05) is 0 Å². The second kappa shape index (κ2) is 16.8. The molecule has 4 nitrogen and oxygen atoms in total. The summed E-state index contributed by atoms with van der Waals surface area (Å²) in [5, 5.41) is 0. The molecule has 4 N–H and O–H groups in total. The number of ether oxygens (including phenoxy) is 1. The fourth-order valence-electron chi connectivity index (χ4n) is 4.27. The van der Waals surface area contributed by atoms with Gasteiger partial charge in [0.1, 0.15) is 5.60 Å². The number of carbonyl (C=O) groups is 1. The van der Waals surface area contributed by atoms with Crippen LogP contribution in [0.15, 0.2) is 12.1 Å². The lowest BCUT2D eigenvalue weighted by atomic mass is 10.00. The highest BCUT2D eigenvalue weighted by Gasteiger charge is 2.21. The van der Waals surface area contributed by atoms with E-state index in [9.17, 15) is 4.79 Å². The van der Waals surface area contributed by atoms with Gasteiger partial charge in [-0.2, -0.15) is 0 Å². The molecule has 0 aliphatic heterocycles. The Morgan fingerprint density at radius 3 is 1.55 bits per heavy atom. The molecular formula is C29H52N2O2. The standard InChI is InChI=1S/C29H52N2O2/c1-5-6-7-8-9-10-11-12-13-14-15-16-17-18-19-20-21-24-22-23-25(27(31)26(24)30)28(32)33-29(2,3)4/h22-23H,5-21,30-31H2,1-4H3. The Hall–Kier alpha value is -1.71. The first kappa shape index (κ1) is 29.3. The van der Waals surface area contributed by atoms with E-state index in [4.69, 9.17) is 16.2 Å². The van der Waals surface area contributed by atoms with Gasteiger partial charge in [0.15, 0.2) is 0 Å². The van der Waals surface area contributed by atoms with Gasteiger partial charge in [0.2, 0.25) is 0 Å². The molecule has 0 radical (unpaired) electrons. The van der Waals surface area contributed by atoms with Crippen molar-refractivity contribution in [2.75, 3.05) is 11.5 Å². The highest BCUT2D eigenvalue weighted by molar-refractivity contribution is 5.98. The summed E-state index contributed by atoms with van der Waals surface area (Å²) >= 11 is 0. The molecule has 0 fully saturated rings. The first-order valence-electron chi connectivity index (χ1n) is 13.7. The molecule has 190 valence electrons. The molecule has 33 heavy (non-hydrogen) atoms. The molecule has 0 amide bonds. The van der Waals surface area contributed by atoms with Crippen LogP contribution in [0, 0.1) is 0 Å².